The molecular formula is C11H17N3O3S. The second-order valence-corrected chi connectivity index (χ2v) is 5.72. The predicted octanol–water partition coefficient (Wildman–Crippen LogP) is 1.47. The smallest absolute Gasteiger partial charge is 0.305 e. The van der Waals surface area contributed by atoms with E-state index in [-0.39, 0.29) is 12.3 Å². The number of thioether (sulfide) groups is 1. The Morgan fingerprint density at radius 1 is 1.56 bits per heavy atom. The number of aliphatic carboxylic acids is 1. The van der Waals surface area contributed by atoms with Gasteiger partial charge in [0.15, 0.2) is 5.17 Å². The van der Waals surface area contributed by atoms with Gasteiger partial charge in [0.05, 0.1) is 6.42 Å². The molecule has 0 aromatic rings. The third-order valence-electron chi connectivity index (χ3n) is 2.15. The summed E-state index contributed by atoms with van der Waals surface area (Å²) >= 11 is 1.11. The number of carboxylic acid groups (broad SMARTS) is 1. The molecule has 0 radical (unpaired) electrons. The fourth-order valence-corrected chi connectivity index (χ4v) is 2.42. The van der Waals surface area contributed by atoms with Crippen molar-refractivity contribution in [2.75, 3.05) is 0 Å². The summed E-state index contributed by atoms with van der Waals surface area (Å²) in [6.45, 7) is 6.04. The summed E-state index contributed by atoms with van der Waals surface area (Å²) in [7, 11) is 0. The van der Waals surface area contributed by atoms with Crippen LogP contribution < -0.4 is 5.32 Å². The lowest BCUT2D eigenvalue weighted by molar-refractivity contribution is -0.138. The predicted molar refractivity (Wildman–Crippen MR) is 71.8 cm³/mol. The Labute approximate surface area is 110 Å². The molecule has 0 aliphatic carbocycles. The minimum atomic E-state index is -0.997. The highest BCUT2D eigenvalue weighted by molar-refractivity contribution is 8.15. The van der Waals surface area contributed by atoms with Crippen molar-refractivity contribution < 1.29 is 14.7 Å². The molecule has 0 bridgehead atoms. The van der Waals surface area contributed by atoms with Crippen LogP contribution >= 0.6 is 11.8 Å². The average Bonchev–Trinajstić information content (AvgIpc) is 2.55. The fraction of sp³-hybridized carbons (Fsp3) is 0.636. The van der Waals surface area contributed by atoms with Crippen molar-refractivity contribution in [2.24, 2.45) is 16.1 Å². The molecule has 1 unspecified atom stereocenters. The molecule has 0 aromatic heterocycles. The Hall–Kier alpha value is -1.37. The maximum absolute atomic E-state index is 11.4. The van der Waals surface area contributed by atoms with Gasteiger partial charge in [-0.15, -0.1) is 5.10 Å². The van der Waals surface area contributed by atoms with Gasteiger partial charge in [0.25, 0.3) is 0 Å². The molecule has 1 saturated heterocycles. The van der Waals surface area contributed by atoms with Crippen LogP contribution in [0.25, 0.3) is 0 Å². The highest BCUT2D eigenvalue weighted by Gasteiger charge is 2.32. The Morgan fingerprint density at radius 2 is 2.22 bits per heavy atom. The molecule has 0 saturated carbocycles. The quantitative estimate of drug-likeness (QED) is 0.585. The van der Waals surface area contributed by atoms with Crippen LogP contribution in [0.2, 0.25) is 0 Å². The normalized spacial score (nSPS) is 22.7. The largest absolute Gasteiger partial charge is 0.481 e. The molecule has 1 aliphatic heterocycles. The Morgan fingerprint density at radius 3 is 2.78 bits per heavy atom. The van der Waals surface area contributed by atoms with Crippen molar-refractivity contribution in [3.8, 4) is 0 Å². The van der Waals surface area contributed by atoms with Gasteiger partial charge in [-0.1, -0.05) is 25.6 Å². The van der Waals surface area contributed by atoms with E-state index in [2.05, 4.69) is 29.4 Å². The van der Waals surface area contributed by atoms with Gasteiger partial charge in [-0.2, -0.15) is 5.10 Å². The Balaban J connectivity index is 2.59. The summed E-state index contributed by atoms with van der Waals surface area (Å²) in [5.74, 6) is -0.819. The van der Waals surface area contributed by atoms with E-state index in [9.17, 15) is 9.59 Å². The van der Waals surface area contributed by atoms with E-state index in [1.54, 1.807) is 0 Å². The fourth-order valence-electron chi connectivity index (χ4n) is 1.51. The number of carbonyl (C=O) groups excluding carboxylic acids is 1. The van der Waals surface area contributed by atoms with Gasteiger partial charge in [-0.3, -0.25) is 9.59 Å². The van der Waals surface area contributed by atoms with Gasteiger partial charge in [0.2, 0.25) is 5.91 Å². The minimum Gasteiger partial charge on any atom is -0.481 e. The van der Waals surface area contributed by atoms with Crippen LogP contribution in [0.15, 0.2) is 10.2 Å². The van der Waals surface area contributed by atoms with E-state index < -0.39 is 11.2 Å². The molecule has 1 aliphatic rings. The molecule has 0 spiro atoms. The Kier molecular flexibility index (Phi) is 5.33. The van der Waals surface area contributed by atoms with Gasteiger partial charge in [0.1, 0.15) is 5.25 Å². The molecular weight excluding hydrogens is 254 g/mol. The summed E-state index contributed by atoms with van der Waals surface area (Å²) in [6.07, 6.45) is 0.637. The number of amidine groups is 1. The highest BCUT2D eigenvalue weighted by atomic mass is 32.2. The Bertz CT molecular complexity index is 404. The van der Waals surface area contributed by atoms with Crippen molar-refractivity contribution in [1.82, 2.24) is 5.32 Å². The first-order valence-electron chi connectivity index (χ1n) is 5.69. The molecule has 1 rings (SSSR count). The third kappa shape index (κ3) is 4.87. The number of carbonyl (C=O) groups is 2. The van der Waals surface area contributed by atoms with Crippen LogP contribution in [-0.2, 0) is 9.59 Å². The second-order valence-electron chi connectivity index (χ2n) is 4.53. The lowest BCUT2D eigenvalue weighted by Crippen LogP contribution is -2.26. The molecule has 7 heteroatoms. The van der Waals surface area contributed by atoms with Gasteiger partial charge < -0.3 is 10.4 Å². The molecule has 1 fully saturated rings. The standard InChI is InChI=1S/C11H17N3O3S/c1-6(2)4-7(3)13-14-11-12-10(17)8(18-11)5-9(15)16/h6,8H,4-5H2,1-3H3,(H,15,16)(H,12,14,17)/b13-7+. The molecule has 1 heterocycles. The average molecular weight is 271 g/mol. The molecule has 1 atom stereocenters. The first-order chi connectivity index (χ1) is 8.38. The molecule has 100 valence electrons. The van der Waals surface area contributed by atoms with Crippen molar-refractivity contribution in [1.29, 1.82) is 0 Å². The van der Waals surface area contributed by atoms with Crippen LogP contribution in [0.4, 0.5) is 0 Å². The van der Waals surface area contributed by atoms with E-state index >= 15 is 0 Å². The summed E-state index contributed by atoms with van der Waals surface area (Å²) in [5.41, 5.74) is 0.883. The zero-order chi connectivity index (χ0) is 13.7. The molecule has 0 aromatic carbocycles. The van der Waals surface area contributed by atoms with Gasteiger partial charge in [0, 0.05) is 5.71 Å². The minimum absolute atomic E-state index is 0.204. The lowest BCUT2D eigenvalue weighted by Gasteiger charge is -2.01. The van der Waals surface area contributed by atoms with Crippen LogP contribution in [0.3, 0.4) is 0 Å². The van der Waals surface area contributed by atoms with E-state index in [0.29, 0.717) is 11.1 Å². The van der Waals surface area contributed by atoms with E-state index in [4.69, 9.17) is 5.11 Å². The summed E-state index contributed by atoms with van der Waals surface area (Å²) in [4.78, 5) is 22.0. The first-order valence-corrected chi connectivity index (χ1v) is 6.57. The molecule has 1 amide bonds. The van der Waals surface area contributed by atoms with Crippen molar-refractivity contribution in [3.63, 3.8) is 0 Å². The number of carboxylic acids is 1. The number of rotatable bonds is 5. The van der Waals surface area contributed by atoms with E-state index in [1.165, 1.54) is 0 Å². The zero-order valence-electron chi connectivity index (χ0n) is 10.6. The highest BCUT2D eigenvalue weighted by Crippen LogP contribution is 2.22. The van der Waals surface area contributed by atoms with Crippen molar-refractivity contribution in [2.45, 2.75) is 38.9 Å². The van der Waals surface area contributed by atoms with Crippen LogP contribution in [0.1, 0.15) is 33.6 Å². The second kappa shape index (κ2) is 6.53. The van der Waals surface area contributed by atoms with Crippen LogP contribution in [0, 0.1) is 5.92 Å². The van der Waals surface area contributed by atoms with Crippen molar-refractivity contribution in [3.05, 3.63) is 0 Å². The number of amides is 1. The molecule has 6 nitrogen and oxygen atoms in total. The number of hydrogen-bond donors (Lipinski definition) is 2. The summed E-state index contributed by atoms with van der Waals surface area (Å²) in [6, 6.07) is 0. The molecule has 2 N–H and O–H groups in total. The lowest BCUT2D eigenvalue weighted by atomic mass is 10.1. The topological polar surface area (TPSA) is 91.1 Å². The third-order valence-corrected chi connectivity index (χ3v) is 3.22. The van der Waals surface area contributed by atoms with Gasteiger partial charge in [-0.05, 0) is 19.3 Å². The number of hydrogen-bond acceptors (Lipinski definition) is 5. The SMILES string of the molecule is C/C(CC(C)C)=N\N=C1/NC(=O)C(CC(=O)O)S1. The van der Waals surface area contributed by atoms with Crippen LogP contribution in [-0.4, -0.2) is 33.1 Å². The number of nitrogens with zero attached hydrogens (tertiary/aromatic N) is 2. The first kappa shape index (κ1) is 14.7. The van der Waals surface area contributed by atoms with Crippen molar-refractivity contribution >= 4 is 34.5 Å². The number of nitrogens with one attached hydrogen (secondary N) is 1. The van der Waals surface area contributed by atoms with Gasteiger partial charge in [-0.25, -0.2) is 0 Å². The van der Waals surface area contributed by atoms with Gasteiger partial charge >= 0.3 is 5.97 Å². The zero-order valence-corrected chi connectivity index (χ0v) is 11.5. The summed E-state index contributed by atoms with van der Waals surface area (Å²) < 4.78 is 0. The monoisotopic (exact) mass is 271 g/mol. The molecule has 18 heavy (non-hydrogen) atoms. The van der Waals surface area contributed by atoms with E-state index in [0.717, 1.165) is 23.9 Å². The maximum atomic E-state index is 11.4. The summed E-state index contributed by atoms with van der Waals surface area (Å²) in [5, 5.41) is 18.9. The van der Waals surface area contributed by atoms with Crippen LogP contribution in [0.5, 0.6) is 0 Å². The maximum Gasteiger partial charge on any atom is 0.305 e. The van der Waals surface area contributed by atoms with E-state index in [1.807, 2.05) is 6.92 Å².